The van der Waals surface area contributed by atoms with Gasteiger partial charge in [-0.1, -0.05) is 26.0 Å². The molecule has 6 heteroatoms. The van der Waals surface area contributed by atoms with E-state index in [1.165, 1.54) is 0 Å². The van der Waals surface area contributed by atoms with Crippen LogP contribution in [0.2, 0.25) is 0 Å². The Kier molecular flexibility index (Phi) is 7.34. The van der Waals surface area contributed by atoms with Crippen LogP contribution < -0.4 is 14.8 Å². The van der Waals surface area contributed by atoms with Gasteiger partial charge in [-0.25, -0.2) is 0 Å². The van der Waals surface area contributed by atoms with Crippen LogP contribution in [0.25, 0.3) is 0 Å². The molecule has 1 amide bonds. The van der Waals surface area contributed by atoms with Crippen LogP contribution in [0.5, 0.6) is 17.2 Å². The monoisotopic (exact) mass is 421 g/mol. The Hall–Kier alpha value is -3.28. The summed E-state index contributed by atoms with van der Waals surface area (Å²) in [6, 6.07) is 14.8. The molecule has 6 nitrogen and oxygen atoms in total. The molecular weight excluding hydrogens is 390 g/mol. The van der Waals surface area contributed by atoms with Crippen LogP contribution in [0.15, 0.2) is 48.5 Å². The molecule has 0 fully saturated rings. The number of para-hydroxylation sites is 2. The third-order valence-corrected chi connectivity index (χ3v) is 4.93. The van der Waals surface area contributed by atoms with E-state index in [0.717, 1.165) is 29.2 Å². The number of aromatic nitrogens is 2. The van der Waals surface area contributed by atoms with Crippen molar-refractivity contribution in [1.82, 2.24) is 9.78 Å². The molecular formula is C25H31N3O3. The Morgan fingerprint density at radius 1 is 1.06 bits per heavy atom. The van der Waals surface area contributed by atoms with Gasteiger partial charge in [0.1, 0.15) is 11.5 Å². The van der Waals surface area contributed by atoms with E-state index in [1.54, 1.807) is 0 Å². The standard InChI is InChI=1S/C25H31N3O3/c1-6-30-20-11-13-21(14-12-20)31-24-10-8-7-9-23(24)26-25(29)15-22-18(4)27-28(19(22)5)16-17(2)3/h7-14,17H,6,15-16H2,1-5H3,(H,26,29). The van der Waals surface area contributed by atoms with Crippen LogP contribution >= 0.6 is 0 Å². The highest BCUT2D eigenvalue weighted by atomic mass is 16.5. The van der Waals surface area contributed by atoms with Gasteiger partial charge in [-0.15, -0.1) is 0 Å². The van der Waals surface area contributed by atoms with Crippen molar-refractivity contribution in [2.75, 3.05) is 11.9 Å². The minimum absolute atomic E-state index is 0.0990. The Labute approximate surface area is 184 Å². The molecule has 0 atom stereocenters. The fourth-order valence-corrected chi connectivity index (χ4v) is 3.42. The van der Waals surface area contributed by atoms with Crippen LogP contribution in [0, 0.1) is 19.8 Å². The van der Waals surface area contributed by atoms with Gasteiger partial charge in [0.15, 0.2) is 5.75 Å². The first-order valence-electron chi connectivity index (χ1n) is 10.7. The first kappa shape index (κ1) is 22.4. The number of hydrogen-bond acceptors (Lipinski definition) is 4. The summed E-state index contributed by atoms with van der Waals surface area (Å²) in [6.45, 7) is 11.7. The number of nitrogens with zero attached hydrogens (tertiary/aromatic N) is 2. The number of nitrogens with one attached hydrogen (secondary N) is 1. The summed E-state index contributed by atoms with van der Waals surface area (Å²) in [6.07, 6.45) is 0.271. The number of carbonyl (C=O) groups is 1. The molecule has 0 spiro atoms. The lowest BCUT2D eigenvalue weighted by Gasteiger charge is -2.13. The zero-order chi connectivity index (χ0) is 22.4. The third kappa shape index (κ3) is 5.87. The molecule has 1 N–H and O–H groups in total. The number of hydrogen-bond donors (Lipinski definition) is 1. The maximum atomic E-state index is 12.8. The molecule has 0 aliphatic heterocycles. The molecule has 1 heterocycles. The molecule has 0 unspecified atom stereocenters. The first-order valence-corrected chi connectivity index (χ1v) is 10.7. The Morgan fingerprint density at radius 2 is 1.74 bits per heavy atom. The number of anilines is 1. The number of aryl methyl sites for hydroxylation is 1. The third-order valence-electron chi connectivity index (χ3n) is 4.93. The van der Waals surface area contributed by atoms with Gasteiger partial charge in [-0.2, -0.15) is 5.10 Å². The second kappa shape index (κ2) is 10.2. The van der Waals surface area contributed by atoms with Crippen molar-refractivity contribution in [1.29, 1.82) is 0 Å². The predicted octanol–water partition coefficient (Wildman–Crippen LogP) is 5.53. The van der Waals surface area contributed by atoms with Crippen molar-refractivity contribution in [3.05, 3.63) is 65.5 Å². The molecule has 2 aromatic carbocycles. The van der Waals surface area contributed by atoms with E-state index in [4.69, 9.17) is 9.47 Å². The quantitative estimate of drug-likeness (QED) is 0.493. The summed E-state index contributed by atoms with van der Waals surface area (Å²) in [5.41, 5.74) is 3.54. The van der Waals surface area contributed by atoms with Gasteiger partial charge < -0.3 is 14.8 Å². The van der Waals surface area contributed by atoms with E-state index in [-0.39, 0.29) is 12.3 Å². The smallest absolute Gasteiger partial charge is 0.229 e. The summed E-state index contributed by atoms with van der Waals surface area (Å²) >= 11 is 0. The molecule has 0 aliphatic rings. The first-order chi connectivity index (χ1) is 14.9. The Balaban J connectivity index is 1.71. The normalized spacial score (nSPS) is 10.9. The molecule has 0 aliphatic carbocycles. The highest BCUT2D eigenvalue weighted by Gasteiger charge is 2.17. The average molecular weight is 422 g/mol. The van der Waals surface area contributed by atoms with Crippen molar-refractivity contribution < 1.29 is 14.3 Å². The van der Waals surface area contributed by atoms with Crippen LogP contribution in [0.3, 0.4) is 0 Å². The SMILES string of the molecule is CCOc1ccc(Oc2ccccc2NC(=O)Cc2c(C)nn(CC(C)C)c2C)cc1. The number of ether oxygens (including phenoxy) is 2. The van der Waals surface area contributed by atoms with E-state index >= 15 is 0 Å². The van der Waals surface area contributed by atoms with Gasteiger partial charge >= 0.3 is 0 Å². The van der Waals surface area contributed by atoms with Gasteiger partial charge in [-0.3, -0.25) is 9.48 Å². The van der Waals surface area contributed by atoms with E-state index in [2.05, 4.69) is 24.3 Å². The molecule has 0 saturated carbocycles. The minimum Gasteiger partial charge on any atom is -0.494 e. The van der Waals surface area contributed by atoms with Crippen molar-refractivity contribution in [3.63, 3.8) is 0 Å². The lowest BCUT2D eigenvalue weighted by molar-refractivity contribution is -0.115. The van der Waals surface area contributed by atoms with Gasteiger partial charge in [0, 0.05) is 17.8 Å². The molecule has 0 radical (unpaired) electrons. The Morgan fingerprint density at radius 3 is 2.42 bits per heavy atom. The van der Waals surface area contributed by atoms with Gasteiger partial charge in [-0.05, 0) is 63.1 Å². The summed E-state index contributed by atoms with van der Waals surface area (Å²) in [5.74, 6) is 2.44. The fourth-order valence-electron chi connectivity index (χ4n) is 3.42. The summed E-state index contributed by atoms with van der Waals surface area (Å²) < 4.78 is 13.5. The van der Waals surface area contributed by atoms with Crippen molar-refractivity contribution in [2.24, 2.45) is 5.92 Å². The lowest BCUT2D eigenvalue weighted by Crippen LogP contribution is -2.16. The molecule has 0 saturated heterocycles. The summed E-state index contributed by atoms with van der Waals surface area (Å²) in [7, 11) is 0. The maximum absolute atomic E-state index is 12.8. The highest BCUT2D eigenvalue weighted by Crippen LogP contribution is 2.30. The minimum atomic E-state index is -0.0990. The van der Waals surface area contributed by atoms with Crippen molar-refractivity contribution in [2.45, 2.75) is 47.6 Å². The lowest BCUT2D eigenvalue weighted by atomic mass is 10.1. The van der Waals surface area contributed by atoms with Gasteiger partial charge in [0.2, 0.25) is 5.91 Å². The fraction of sp³-hybridized carbons (Fsp3) is 0.360. The second-order valence-corrected chi connectivity index (χ2v) is 7.95. The average Bonchev–Trinajstić information content (AvgIpc) is 2.98. The van der Waals surface area contributed by atoms with Crippen molar-refractivity contribution >= 4 is 11.6 Å². The van der Waals surface area contributed by atoms with Crippen LogP contribution in [0.4, 0.5) is 5.69 Å². The number of benzene rings is 2. The number of amides is 1. The second-order valence-electron chi connectivity index (χ2n) is 7.95. The highest BCUT2D eigenvalue weighted by molar-refractivity contribution is 5.94. The molecule has 0 bridgehead atoms. The molecule has 31 heavy (non-hydrogen) atoms. The zero-order valence-electron chi connectivity index (χ0n) is 18.9. The van der Waals surface area contributed by atoms with Gasteiger partial charge in [0.25, 0.3) is 0 Å². The summed E-state index contributed by atoms with van der Waals surface area (Å²) in [4.78, 5) is 12.8. The van der Waals surface area contributed by atoms with Crippen LogP contribution in [0.1, 0.15) is 37.7 Å². The topological polar surface area (TPSA) is 65.4 Å². The molecule has 3 rings (SSSR count). The van der Waals surface area contributed by atoms with E-state index in [9.17, 15) is 4.79 Å². The maximum Gasteiger partial charge on any atom is 0.229 e. The Bertz CT molecular complexity index is 1020. The molecule has 164 valence electrons. The van der Waals surface area contributed by atoms with Crippen molar-refractivity contribution in [3.8, 4) is 17.2 Å². The largest absolute Gasteiger partial charge is 0.494 e. The van der Waals surface area contributed by atoms with E-state index < -0.39 is 0 Å². The molecule has 3 aromatic rings. The number of carbonyl (C=O) groups excluding carboxylic acids is 1. The number of rotatable bonds is 9. The van der Waals surface area contributed by atoms with E-state index in [1.807, 2.05) is 74.0 Å². The predicted molar refractivity (Wildman–Crippen MR) is 123 cm³/mol. The summed E-state index contributed by atoms with van der Waals surface area (Å²) in [5, 5.41) is 7.60. The van der Waals surface area contributed by atoms with Crippen LogP contribution in [-0.4, -0.2) is 22.3 Å². The van der Waals surface area contributed by atoms with E-state index in [0.29, 0.717) is 29.7 Å². The molecule has 1 aromatic heterocycles. The zero-order valence-corrected chi connectivity index (χ0v) is 18.9. The van der Waals surface area contributed by atoms with Gasteiger partial charge in [0.05, 0.1) is 24.4 Å². The van der Waals surface area contributed by atoms with Crippen LogP contribution in [-0.2, 0) is 17.8 Å².